The third-order valence-corrected chi connectivity index (χ3v) is 6.85. The number of ether oxygens (including phenoxy) is 5. The molecule has 1 saturated heterocycles. The summed E-state index contributed by atoms with van der Waals surface area (Å²) in [5.41, 5.74) is 2.73. The Labute approximate surface area is 218 Å². The molecule has 0 bridgehead atoms. The van der Waals surface area contributed by atoms with Crippen molar-refractivity contribution in [3.8, 4) is 11.5 Å². The minimum Gasteiger partial charge on any atom is -0.496 e. The van der Waals surface area contributed by atoms with Gasteiger partial charge in [0.1, 0.15) is 17.9 Å². The standard InChI is InChI=1S/C25H29ClN2O9/c1-13-10-15(30)11-18(33-3)25(13)23(31)20-17(34-8-9-36-19-6-4-5-7-35-19)12-16(21(26)22(20)37-25)24(32)28-27-14(2)29/h11-13,19H,4-10H2,1-3H3,(H,27,29)(H,28,32)/t13-,19?,25+/m1/s1. The van der Waals surface area contributed by atoms with Gasteiger partial charge in [-0.2, -0.15) is 0 Å². The van der Waals surface area contributed by atoms with E-state index in [1.807, 2.05) is 0 Å². The lowest BCUT2D eigenvalue weighted by molar-refractivity contribution is -0.165. The van der Waals surface area contributed by atoms with E-state index in [4.69, 9.17) is 35.3 Å². The number of nitrogens with one attached hydrogen (secondary N) is 2. The molecule has 3 atom stereocenters. The number of Topliss-reactive ketones (excluding diaryl/α,β-unsaturated/α-hetero) is 1. The van der Waals surface area contributed by atoms with E-state index < -0.39 is 29.1 Å². The smallest absolute Gasteiger partial charge is 0.271 e. The molecule has 0 aromatic heterocycles. The third-order valence-electron chi connectivity index (χ3n) is 6.47. The van der Waals surface area contributed by atoms with E-state index in [0.717, 1.165) is 19.3 Å². The van der Waals surface area contributed by atoms with Gasteiger partial charge >= 0.3 is 0 Å². The Bertz CT molecular complexity index is 1150. The Morgan fingerprint density at radius 1 is 1.22 bits per heavy atom. The molecule has 4 rings (SSSR count). The van der Waals surface area contributed by atoms with Gasteiger partial charge in [0.25, 0.3) is 5.91 Å². The molecule has 37 heavy (non-hydrogen) atoms. The molecule has 2 N–H and O–H groups in total. The average molecular weight is 537 g/mol. The van der Waals surface area contributed by atoms with E-state index in [9.17, 15) is 19.2 Å². The lowest BCUT2D eigenvalue weighted by Crippen LogP contribution is -2.51. The maximum Gasteiger partial charge on any atom is 0.271 e. The fourth-order valence-corrected chi connectivity index (χ4v) is 4.95. The first-order valence-electron chi connectivity index (χ1n) is 12.0. The SMILES string of the molecule is COC1=CC(=O)C[C@@H](C)[C@]12Oc1c(Cl)c(C(=O)NNC(C)=O)cc(OCCOC3CCCCO3)c1C2=O. The number of hydrazine groups is 1. The molecular formula is C25H29ClN2O9. The second-order valence-corrected chi connectivity index (χ2v) is 9.42. The predicted octanol–water partition coefficient (Wildman–Crippen LogP) is 2.50. The average Bonchev–Trinajstić information content (AvgIpc) is 3.19. The van der Waals surface area contributed by atoms with Crippen molar-refractivity contribution in [3.63, 3.8) is 0 Å². The molecule has 1 unspecified atom stereocenters. The minimum atomic E-state index is -1.65. The molecule has 200 valence electrons. The van der Waals surface area contributed by atoms with Gasteiger partial charge in [0, 0.05) is 31.9 Å². The molecule has 1 fully saturated rings. The Morgan fingerprint density at radius 2 is 2.00 bits per heavy atom. The summed E-state index contributed by atoms with van der Waals surface area (Å²) in [5, 5.41) is -0.151. The minimum absolute atomic E-state index is 0.0270. The zero-order valence-corrected chi connectivity index (χ0v) is 21.6. The fourth-order valence-electron chi connectivity index (χ4n) is 4.68. The molecule has 11 nitrogen and oxygen atoms in total. The normalized spacial score (nSPS) is 24.7. The van der Waals surface area contributed by atoms with Crippen LogP contribution in [0, 0.1) is 5.92 Å². The van der Waals surface area contributed by atoms with Crippen LogP contribution in [0.15, 0.2) is 17.9 Å². The van der Waals surface area contributed by atoms with Crippen LogP contribution in [0.5, 0.6) is 11.5 Å². The zero-order valence-electron chi connectivity index (χ0n) is 20.8. The highest BCUT2D eigenvalue weighted by molar-refractivity contribution is 6.37. The van der Waals surface area contributed by atoms with Crippen LogP contribution in [0.2, 0.25) is 5.02 Å². The van der Waals surface area contributed by atoms with Crippen LogP contribution in [-0.2, 0) is 23.8 Å². The molecule has 3 aliphatic rings. The van der Waals surface area contributed by atoms with Crippen molar-refractivity contribution in [1.29, 1.82) is 0 Å². The molecule has 2 heterocycles. The second kappa shape index (κ2) is 11.1. The third kappa shape index (κ3) is 5.16. The number of ketones is 2. The van der Waals surface area contributed by atoms with Gasteiger partial charge in [-0.1, -0.05) is 18.5 Å². The first-order chi connectivity index (χ1) is 17.7. The first kappa shape index (κ1) is 26.9. The van der Waals surface area contributed by atoms with E-state index >= 15 is 0 Å². The van der Waals surface area contributed by atoms with Gasteiger partial charge in [0.05, 0.1) is 24.3 Å². The molecule has 2 aliphatic heterocycles. The first-order valence-corrected chi connectivity index (χ1v) is 12.4. The van der Waals surface area contributed by atoms with E-state index in [1.54, 1.807) is 6.92 Å². The summed E-state index contributed by atoms with van der Waals surface area (Å²) in [6.07, 6.45) is 3.73. The number of hydrogen-bond acceptors (Lipinski definition) is 9. The number of carbonyl (C=O) groups excluding carboxylic acids is 4. The number of rotatable bonds is 7. The van der Waals surface area contributed by atoms with Crippen LogP contribution < -0.4 is 20.3 Å². The predicted molar refractivity (Wildman–Crippen MR) is 129 cm³/mol. The van der Waals surface area contributed by atoms with E-state index in [1.165, 1.54) is 26.2 Å². The fraction of sp³-hybridized carbons (Fsp3) is 0.520. The Hall–Kier alpha value is -3.15. The van der Waals surface area contributed by atoms with E-state index in [0.29, 0.717) is 6.61 Å². The van der Waals surface area contributed by atoms with Crippen molar-refractivity contribution in [2.75, 3.05) is 26.9 Å². The van der Waals surface area contributed by atoms with E-state index in [-0.39, 0.29) is 65.1 Å². The maximum atomic E-state index is 13.9. The Kier molecular flexibility index (Phi) is 8.05. The van der Waals surface area contributed by atoms with Crippen molar-refractivity contribution in [2.45, 2.75) is 51.4 Å². The molecule has 0 saturated carbocycles. The highest BCUT2D eigenvalue weighted by atomic mass is 35.5. The van der Waals surface area contributed by atoms with Gasteiger partial charge in [-0.15, -0.1) is 0 Å². The van der Waals surface area contributed by atoms with E-state index in [2.05, 4.69) is 10.9 Å². The summed E-state index contributed by atoms with van der Waals surface area (Å²) in [6.45, 7) is 3.77. The van der Waals surface area contributed by atoms with Crippen LogP contribution in [-0.4, -0.2) is 62.2 Å². The molecule has 1 aromatic carbocycles. The van der Waals surface area contributed by atoms with Gasteiger partial charge < -0.3 is 23.7 Å². The summed E-state index contributed by atoms with van der Waals surface area (Å²) in [5.74, 6) is -2.52. The number of carbonyl (C=O) groups is 4. The summed E-state index contributed by atoms with van der Waals surface area (Å²) < 4.78 is 28.7. The number of hydrogen-bond donors (Lipinski definition) is 2. The summed E-state index contributed by atoms with van der Waals surface area (Å²) >= 11 is 6.56. The Balaban J connectivity index is 1.68. The van der Waals surface area contributed by atoms with Gasteiger partial charge in [0.2, 0.25) is 17.3 Å². The van der Waals surface area contributed by atoms with Crippen molar-refractivity contribution in [2.24, 2.45) is 5.92 Å². The monoisotopic (exact) mass is 536 g/mol. The quantitative estimate of drug-likeness (QED) is 0.397. The number of fused-ring (bicyclic) bond motifs is 1. The van der Waals surface area contributed by atoms with Crippen molar-refractivity contribution < 1.29 is 42.9 Å². The van der Waals surface area contributed by atoms with Crippen molar-refractivity contribution >= 4 is 35.0 Å². The number of allylic oxidation sites excluding steroid dienone is 1. The zero-order chi connectivity index (χ0) is 26.7. The highest BCUT2D eigenvalue weighted by Gasteiger charge is 2.60. The largest absolute Gasteiger partial charge is 0.496 e. The van der Waals surface area contributed by atoms with Crippen molar-refractivity contribution in [1.82, 2.24) is 10.9 Å². The maximum absolute atomic E-state index is 13.9. The van der Waals surface area contributed by atoms with Crippen LogP contribution in [0.4, 0.5) is 0 Å². The van der Waals surface area contributed by atoms with Crippen LogP contribution >= 0.6 is 11.6 Å². The second-order valence-electron chi connectivity index (χ2n) is 9.04. The van der Waals surface area contributed by atoms with Crippen molar-refractivity contribution in [3.05, 3.63) is 34.1 Å². The van der Waals surface area contributed by atoms with Gasteiger partial charge in [-0.25, -0.2) is 0 Å². The number of benzene rings is 1. The van der Waals surface area contributed by atoms with Gasteiger partial charge in [-0.05, 0) is 25.3 Å². The van der Waals surface area contributed by atoms with Gasteiger partial charge in [0.15, 0.2) is 23.6 Å². The molecule has 1 aromatic rings. The number of methoxy groups -OCH3 is 1. The molecular weight excluding hydrogens is 508 g/mol. The van der Waals surface area contributed by atoms with Gasteiger partial charge in [-0.3, -0.25) is 30.0 Å². The summed E-state index contributed by atoms with van der Waals surface area (Å²) in [4.78, 5) is 50.2. The van der Waals surface area contributed by atoms with Crippen LogP contribution in [0.25, 0.3) is 0 Å². The Morgan fingerprint density at radius 3 is 2.68 bits per heavy atom. The lowest BCUT2D eigenvalue weighted by Gasteiger charge is -2.36. The molecule has 0 radical (unpaired) electrons. The molecule has 12 heteroatoms. The molecule has 1 aliphatic carbocycles. The highest BCUT2D eigenvalue weighted by Crippen LogP contribution is 2.53. The number of halogens is 1. The summed E-state index contributed by atoms with van der Waals surface area (Å²) in [7, 11) is 1.34. The number of amides is 2. The van der Waals surface area contributed by atoms with Crippen LogP contribution in [0.1, 0.15) is 60.2 Å². The van der Waals surface area contributed by atoms with Crippen LogP contribution in [0.3, 0.4) is 0 Å². The lowest BCUT2D eigenvalue weighted by atomic mass is 9.75. The molecule has 2 amide bonds. The topological polar surface area (TPSA) is 138 Å². The summed E-state index contributed by atoms with van der Waals surface area (Å²) in [6, 6.07) is 1.31. The molecule has 1 spiro atoms.